The summed E-state index contributed by atoms with van der Waals surface area (Å²) in [5, 5.41) is 0. The lowest BCUT2D eigenvalue weighted by Crippen LogP contribution is -2.33. The van der Waals surface area contributed by atoms with E-state index in [1.807, 2.05) is 6.20 Å². The topological polar surface area (TPSA) is 54.7 Å². The average molecular weight is 227 g/mol. The minimum Gasteiger partial charge on any atom is -0.349 e. The molecule has 1 aromatic carbocycles. The molecule has 0 radical (unpaired) electrons. The molecule has 0 spiro atoms. The van der Waals surface area contributed by atoms with E-state index in [0.29, 0.717) is 5.92 Å². The number of hydrogen-bond donors (Lipinski definition) is 2. The summed E-state index contributed by atoms with van der Waals surface area (Å²) in [7, 11) is 0. The first kappa shape index (κ1) is 10.5. The third kappa shape index (κ3) is 2.11. The van der Waals surface area contributed by atoms with Crippen molar-refractivity contribution < 1.29 is 0 Å². The summed E-state index contributed by atoms with van der Waals surface area (Å²) < 4.78 is 0. The number of hydrogen-bond acceptors (Lipinski definition) is 2. The molecular formula is C14H17N3. The van der Waals surface area contributed by atoms with Crippen molar-refractivity contribution in [2.75, 3.05) is 0 Å². The monoisotopic (exact) mass is 227 g/mol. The SMILES string of the molecule is NC(Cc1ncc[nH]1)C1Cc2ccccc2C1. The molecule has 1 aromatic heterocycles. The van der Waals surface area contributed by atoms with Gasteiger partial charge in [-0.2, -0.15) is 0 Å². The largest absolute Gasteiger partial charge is 0.349 e. The number of nitrogens with zero attached hydrogens (tertiary/aromatic N) is 1. The summed E-state index contributed by atoms with van der Waals surface area (Å²) >= 11 is 0. The zero-order chi connectivity index (χ0) is 11.7. The molecule has 1 atom stereocenters. The molecule has 88 valence electrons. The van der Waals surface area contributed by atoms with Gasteiger partial charge in [0.1, 0.15) is 5.82 Å². The number of aromatic nitrogens is 2. The lowest BCUT2D eigenvalue weighted by atomic mass is 9.94. The van der Waals surface area contributed by atoms with Crippen molar-refractivity contribution in [3.8, 4) is 0 Å². The van der Waals surface area contributed by atoms with Gasteiger partial charge in [-0.25, -0.2) is 4.98 Å². The highest BCUT2D eigenvalue weighted by Gasteiger charge is 2.26. The Balaban J connectivity index is 1.68. The van der Waals surface area contributed by atoms with Crippen LogP contribution in [0.2, 0.25) is 0 Å². The molecule has 0 amide bonds. The van der Waals surface area contributed by atoms with Crippen LogP contribution in [0.4, 0.5) is 0 Å². The Morgan fingerprint density at radius 3 is 2.59 bits per heavy atom. The Morgan fingerprint density at radius 2 is 2.00 bits per heavy atom. The van der Waals surface area contributed by atoms with Crippen LogP contribution in [0.25, 0.3) is 0 Å². The number of H-pyrrole nitrogens is 1. The Morgan fingerprint density at radius 1 is 1.29 bits per heavy atom. The van der Waals surface area contributed by atoms with E-state index in [2.05, 4.69) is 34.2 Å². The number of fused-ring (bicyclic) bond motifs is 1. The zero-order valence-corrected chi connectivity index (χ0v) is 9.76. The van der Waals surface area contributed by atoms with Crippen molar-refractivity contribution in [2.24, 2.45) is 11.7 Å². The van der Waals surface area contributed by atoms with Gasteiger partial charge in [-0.1, -0.05) is 24.3 Å². The van der Waals surface area contributed by atoms with Crippen LogP contribution in [0, 0.1) is 5.92 Å². The Labute approximate surface area is 101 Å². The second-order valence-electron chi connectivity index (χ2n) is 4.84. The van der Waals surface area contributed by atoms with Crippen molar-refractivity contribution in [2.45, 2.75) is 25.3 Å². The van der Waals surface area contributed by atoms with Gasteiger partial charge in [0, 0.05) is 24.9 Å². The quantitative estimate of drug-likeness (QED) is 0.838. The van der Waals surface area contributed by atoms with Crippen LogP contribution in [0.15, 0.2) is 36.7 Å². The fourth-order valence-corrected chi connectivity index (χ4v) is 2.70. The summed E-state index contributed by atoms with van der Waals surface area (Å²) in [4.78, 5) is 7.36. The zero-order valence-electron chi connectivity index (χ0n) is 9.76. The molecule has 3 nitrogen and oxygen atoms in total. The number of imidazole rings is 1. The molecule has 2 aromatic rings. The summed E-state index contributed by atoms with van der Waals surface area (Å²) in [6, 6.07) is 8.84. The summed E-state index contributed by atoms with van der Waals surface area (Å²) in [5.41, 5.74) is 9.22. The van der Waals surface area contributed by atoms with Crippen LogP contribution in [0.3, 0.4) is 0 Å². The first-order chi connectivity index (χ1) is 8.33. The molecule has 1 aliphatic carbocycles. The molecule has 1 heterocycles. The molecule has 0 saturated carbocycles. The van der Waals surface area contributed by atoms with Crippen LogP contribution in [0.5, 0.6) is 0 Å². The highest BCUT2D eigenvalue weighted by Crippen LogP contribution is 2.28. The molecule has 0 bridgehead atoms. The minimum absolute atomic E-state index is 0.188. The number of benzene rings is 1. The summed E-state index contributed by atoms with van der Waals surface area (Å²) in [6.07, 6.45) is 6.69. The maximum Gasteiger partial charge on any atom is 0.107 e. The number of nitrogens with one attached hydrogen (secondary N) is 1. The second kappa shape index (κ2) is 4.34. The third-order valence-electron chi connectivity index (χ3n) is 3.67. The predicted octanol–water partition coefficient (Wildman–Crippen LogP) is 1.69. The van der Waals surface area contributed by atoms with E-state index >= 15 is 0 Å². The highest BCUT2D eigenvalue weighted by molar-refractivity contribution is 5.32. The second-order valence-corrected chi connectivity index (χ2v) is 4.84. The molecule has 3 heteroatoms. The third-order valence-corrected chi connectivity index (χ3v) is 3.67. The van der Waals surface area contributed by atoms with Crippen LogP contribution >= 0.6 is 0 Å². The van der Waals surface area contributed by atoms with Gasteiger partial charge in [0.2, 0.25) is 0 Å². The van der Waals surface area contributed by atoms with Crippen LogP contribution in [-0.2, 0) is 19.3 Å². The maximum atomic E-state index is 6.29. The Hall–Kier alpha value is -1.61. The van der Waals surface area contributed by atoms with Crippen molar-refractivity contribution >= 4 is 0 Å². The van der Waals surface area contributed by atoms with E-state index in [-0.39, 0.29) is 6.04 Å². The van der Waals surface area contributed by atoms with E-state index < -0.39 is 0 Å². The number of rotatable bonds is 3. The molecule has 0 saturated heterocycles. The lowest BCUT2D eigenvalue weighted by molar-refractivity contribution is 0.431. The molecule has 1 unspecified atom stereocenters. The Bertz CT molecular complexity index is 465. The standard InChI is InChI=1S/C14H17N3/c15-13(9-14-16-5-6-17-14)12-7-10-3-1-2-4-11(10)8-12/h1-6,12-13H,7-9,15H2,(H,16,17). The van der Waals surface area contributed by atoms with E-state index in [4.69, 9.17) is 5.73 Å². The van der Waals surface area contributed by atoms with Crippen LogP contribution < -0.4 is 5.73 Å². The number of aromatic amines is 1. The first-order valence-corrected chi connectivity index (χ1v) is 6.13. The summed E-state index contributed by atoms with van der Waals surface area (Å²) in [6.45, 7) is 0. The maximum absolute atomic E-state index is 6.29. The van der Waals surface area contributed by atoms with Gasteiger partial charge in [-0.15, -0.1) is 0 Å². The minimum atomic E-state index is 0.188. The van der Waals surface area contributed by atoms with Crippen LogP contribution in [-0.4, -0.2) is 16.0 Å². The van der Waals surface area contributed by atoms with Gasteiger partial charge < -0.3 is 10.7 Å². The van der Waals surface area contributed by atoms with Gasteiger partial charge in [0.05, 0.1) is 0 Å². The lowest BCUT2D eigenvalue weighted by Gasteiger charge is -2.17. The van der Waals surface area contributed by atoms with Crippen LogP contribution in [0.1, 0.15) is 17.0 Å². The molecule has 17 heavy (non-hydrogen) atoms. The van der Waals surface area contributed by atoms with Gasteiger partial charge in [0.25, 0.3) is 0 Å². The highest BCUT2D eigenvalue weighted by atomic mass is 14.9. The molecule has 3 N–H and O–H groups in total. The Kier molecular flexibility index (Phi) is 2.69. The van der Waals surface area contributed by atoms with Gasteiger partial charge >= 0.3 is 0 Å². The summed E-state index contributed by atoms with van der Waals surface area (Å²) in [5.74, 6) is 1.55. The molecule has 0 fully saturated rings. The van der Waals surface area contributed by atoms with Gasteiger partial charge in [-0.3, -0.25) is 0 Å². The normalized spacial score (nSPS) is 17.0. The first-order valence-electron chi connectivity index (χ1n) is 6.13. The molecule has 0 aliphatic heterocycles. The van der Waals surface area contributed by atoms with E-state index in [0.717, 1.165) is 25.1 Å². The van der Waals surface area contributed by atoms with Crippen molar-refractivity contribution in [3.63, 3.8) is 0 Å². The van der Waals surface area contributed by atoms with Crippen molar-refractivity contribution in [3.05, 3.63) is 53.6 Å². The average Bonchev–Trinajstić information content (AvgIpc) is 2.96. The van der Waals surface area contributed by atoms with Crippen molar-refractivity contribution in [1.82, 2.24) is 9.97 Å². The smallest absolute Gasteiger partial charge is 0.107 e. The molecular weight excluding hydrogens is 210 g/mol. The molecule has 3 rings (SSSR count). The van der Waals surface area contributed by atoms with Crippen molar-refractivity contribution in [1.29, 1.82) is 0 Å². The predicted molar refractivity (Wildman–Crippen MR) is 67.6 cm³/mol. The van der Waals surface area contributed by atoms with E-state index in [1.54, 1.807) is 6.20 Å². The molecule has 1 aliphatic rings. The fourth-order valence-electron chi connectivity index (χ4n) is 2.70. The fraction of sp³-hybridized carbons (Fsp3) is 0.357. The number of nitrogens with two attached hydrogens (primary N) is 1. The van der Waals surface area contributed by atoms with Gasteiger partial charge in [-0.05, 0) is 29.9 Å². The van der Waals surface area contributed by atoms with E-state index in [1.165, 1.54) is 11.1 Å². The van der Waals surface area contributed by atoms with E-state index in [9.17, 15) is 0 Å². The van der Waals surface area contributed by atoms with Gasteiger partial charge in [0.15, 0.2) is 0 Å².